The zero-order chi connectivity index (χ0) is 11.3. The van der Waals surface area contributed by atoms with Crippen LogP contribution in [-0.4, -0.2) is 24.2 Å². The third kappa shape index (κ3) is 4.83. The molecule has 1 aromatic carbocycles. The number of benzene rings is 1. The van der Waals surface area contributed by atoms with Gasteiger partial charge in [0.05, 0.1) is 18.9 Å². The number of halogens is 1. The molecule has 0 spiro atoms. The summed E-state index contributed by atoms with van der Waals surface area (Å²) in [4.78, 5) is 11.4. The van der Waals surface area contributed by atoms with Crippen molar-refractivity contribution >= 4 is 22.5 Å². The number of amides is 1. The highest BCUT2D eigenvalue weighted by Crippen LogP contribution is 2.08. The number of hydrogen-bond acceptors (Lipinski definition) is 1. The van der Waals surface area contributed by atoms with Gasteiger partial charge in [0.2, 0.25) is 5.91 Å². The van der Waals surface area contributed by atoms with E-state index in [2.05, 4.69) is 17.8 Å². The molecule has 1 rings (SSSR count). The van der Waals surface area contributed by atoms with E-state index < -0.39 is 0 Å². The van der Waals surface area contributed by atoms with Gasteiger partial charge in [-0.3, -0.25) is 4.79 Å². The molecule has 0 saturated heterocycles. The van der Waals surface area contributed by atoms with Gasteiger partial charge in [-0.05, 0) is 35.2 Å². The maximum absolute atomic E-state index is 12.6. The Morgan fingerprint density at radius 1 is 1.33 bits per heavy atom. The van der Waals surface area contributed by atoms with E-state index in [9.17, 15) is 9.18 Å². The number of nitrogens with one attached hydrogen (secondary N) is 1. The Morgan fingerprint density at radius 3 is 2.47 bits per heavy atom. The quantitative estimate of drug-likeness (QED) is 0.785. The van der Waals surface area contributed by atoms with E-state index in [1.54, 1.807) is 12.1 Å². The van der Waals surface area contributed by atoms with Crippen LogP contribution >= 0.6 is 0 Å². The number of hydrogen-bond donors (Lipinski definition) is 1. The lowest BCUT2D eigenvalue weighted by Crippen LogP contribution is -2.16. The third-order valence-electron chi connectivity index (χ3n) is 1.87. The van der Waals surface area contributed by atoms with E-state index in [-0.39, 0.29) is 22.6 Å². The van der Waals surface area contributed by atoms with E-state index in [4.69, 9.17) is 0 Å². The second-order valence-corrected chi connectivity index (χ2v) is 5.87. The van der Waals surface area contributed by atoms with Crippen LogP contribution in [-0.2, 0) is 15.7 Å². The molecule has 0 heterocycles. The van der Waals surface area contributed by atoms with Crippen LogP contribution in [0.5, 0.6) is 0 Å². The standard InChI is InChI=1S/C11H14FNOS/c1-15(2)8-7-11(14)13-10-5-3-9(12)4-6-10/h3-6H,7-8H2,1-2H3/p+1. The largest absolute Gasteiger partial charge is 0.326 e. The second kappa shape index (κ2) is 5.75. The monoisotopic (exact) mass is 228 g/mol. The summed E-state index contributed by atoms with van der Waals surface area (Å²) in [5, 5.41) is 2.72. The highest BCUT2D eigenvalue weighted by molar-refractivity contribution is 7.95. The first kappa shape index (κ1) is 12.0. The Labute approximate surface area is 92.2 Å². The summed E-state index contributed by atoms with van der Waals surface area (Å²) in [6.45, 7) is 0. The number of rotatable bonds is 4. The average molecular weight is 228 g/mol. The zero-order valence-electron chi connectivity index (χ0n) is 8.92. The van der Waals surface area contributed by atoms with Gasteiger partial charge in [0, 0.05) is 5.69 Å². The Hall–Kier alpha value is -1.03. The third-order valence-corrected chi connectivity index (χ3v) is 2.89. The van der Waals surface area contributed by atoms with Gasteiger partial charge in [0.25, 0.3) is 0 Å². The average Bonchev–Trinajstić information content (AvgIpc) is 2.19. The van der Waals surface area contributed by atoms with Crippen molar-refractivity contribution in [2.24, 2.45) is 0 Å². The van der Waals surface area contributed by atoms with Crippen LogP contribution in [0.3, 0.4) is 0 Å². The van der Waals surface area contributed by atoms with E-state index in [1.807, 2.05) is 0 Å². The van der Waals surface area contributed by atoms with Gasteiger partial charge in [-0.15, -0.1) is 0 Å². The minimum Gasteiger partial charge on any atom is -0.326 e. The molecule has 1 aromatic rings. The molecular formula is C11H15FNOS+. The van der Waals surface area contributed by atoms with Crippen molar-refractivity contribution in [2.75, 3.05) is 23.6 Å². The molecule has 0 fully saturated rings. The van der Waals surface area contributed by atoms with Crippen LogP contribution in [0, 0.1) is 5.82 Å². The van der Waals surface area contributed by atoms with Crippen molar-refractivity contribution in [3.63, 3.8) is 0 Å². The van der Waals surface area contributed by atoms with E-state index in [0.717, 1.165) is 5.75 Å². The van der Waals surface area contributed by atoms with Gasteiger partial charge in [-0.1, -0.05) is 0 Å². The highest BCUT2D eigenvalue weighted by Gasteiger charge is 2.08. The second-order valence-electron chi connectivity index (χ2n) is 3.49. The summed E-state index contributed by atoms with van der Waals surface area (Å²) in [5.74, 6) is 0.590. The van der Waals surface area contributed by atoms with E-state index >= 15 is 0 Å². The first-order chi connectivity index (χ1) is 7.08. The van der Waals surface area contributed by atoms with E-state index in [0.29, 0.717) is 12.1 Å². The fourth-order valence-corrected chi connectivity index (χ4v) is 1.65. The number of carbonyl (C=O) groups is 1. The molecule has 0 aliphatic rings. The van der Waals surface area contributed by atoms with Crippen LogP contribution in [0.1, 0.15) is 6.42 Å². The molecule has 0 aliphatic heterocycles. The predicted octanol–water partition coefficient (Wildman–Crippen LogP) is 2.03. The molecule has 0 aliphatic carbocycles. The Balaban J connectivity index is 2.41. The Kier molecular flexibility index (Phi) is 4.62. The lowest BCUT2D eigenvalue weighted by Gasteiger charge is -2.03. The van der Waals surface area contributed by atoms with Gasteiger partial charge in [-0.2, -0.15) is 0 Å². The molecule has 4 heteroatoms. The van der Waals surface area contributed by atoms with Crippen LogP contribution in [0.4, 0.5) is 10.1 Å². The minimum absolute atomic E-state index is 0.0113. The van der Waals surface area contributed by atoms with Crippen molar-refractivity contribution in [3.8, 4) is 0 Å². The maximum Gasteiger partial charge on any atom is 0.229 e. The van der Waals surface area contributed by atoms with Gasteiger partial charge >= 0.3 is 0 Å². The smallest absolute Gasteiger partial charge is 0.229 e. The highest BCUT2D eigenvalue weighted by atomic mass is 32.2. The number of carbonyl (C=O) groups excluding carboxylic acids is 1. The van der Waals surface area contributed by atoms with Crippen LogP contribution in [0.2, 0.25) is 0 Å². The maximum atomic E-state index is 12.6. The lowest BCUT2D eigenvalue weighted by atomic mass is 10.3. The molecule has 0 saturated carbocycles. The van der Waals surface area contributed by atoms with Crippen molar-refractivity contribution < 1.29 is 9.18 Å². The van der Waals surface area contributed by atoms with Crippen LogP contribution < -0.4 is 5.32 Å². The molecule has 2 nitrogen and oxygen atoms in total. The normalized spacial score (nSPS) is 10.4. The van der Waals surface area contributed by atoms with Gasteiger partial charge in [0.15, 0.2) is 0 Å². The molecule has 0 atom stereocenters. The molecule has 1 N–H and O–H groups in total. The number of anilines is 1. The van der Waals surface area contributed by atoms with Crippen molar-refractivity contribution in [2.45, 2.75) is 6.42 Å². The summed E-state index contributed by atoms with van der Waals surface area (Å²) in [6, 6.07) is 5.79. The Bertz CT molecular complexity index is 324. The summed E-state index contributed by atoms with van der Waals surface area (Å²) in [6.07, 6.45) is 4.73. The fourth-order valence-electron chi connectivity index (χ4n) is 1.05. The molecule has 0 aromatic heterocycles. The van der Waals surface area contributed by atoms with Crippen molar-refractivity contribution in [3.05, 3.63) is 30.1 Å². The molecule has 0 unspecified atom stereocenters. The van der Waals surface area contributed by atoms with Gasteiger partial charge < -0.3 is 5.32 Å². The molecule has 15 heavy (non-hydrogen) atoms. The molecule has 0 bridgehead atoms. The molecule has 0 radical (unpaired) electrons. The minimum atomic E-state index is -0.295. The summed E-state index contributed by atoms with van der Waals surface area (Å²) >= 11 is 0. The summed E-state index contributed by atoms with van der Waals surface area (Å²) in [7, 11) is 0.281. The molecule has 1 amide bonds. The topological polar surface area (TPSA) is 29.1 Å². The van der Waals surface area contributed by atoms with Crippen molar-refractivity contribution in [1.82, 2.24) is 0 Å². The first-order valence-electron chi connectivity index (χ1n) is 4.67. The summed E-state index contributed by atoms with van der Waals surface area (Å²) < 4.78 is 12.6. The fraction of sp³-hybridized carbons (Fsp3) is 0.364. The van der Waals surface area contributed by atoms with Gasteiger partial charge in [-0.25, -0.2) is 4.39 Å². The van der Waals surface area contributed by atoms with E-state index in [1.165, 1.54) is 12.1 Å². The SMILES string of the molecule is C[S+](C)CCC(=O)Nc1ccc(F)cc1. The predicted molar refractivity (Wildman–Crippen MR) is 63.7 cm³/mol. The van der Waals surface area contributed by atoms with Gasteiger partial charge in [0.1, 0.15) is 11.6 Å². The van der Waals surface area contributed by atoms with Crippen LogP contribution in [0.25, 0.3) is 0 Å². The molecule has 82 valence electrons. The van der Waals surface area contributed by atoms with Crippen LogP contribution in [0.15, 0.2) is 24.3 Å². The summed E-state index contributed by atoms with van der Waals surface area (Å²) in [5.41, 5.74) is 0.647. The lowest BCUT2D eigenvalue weighted by molar-refractivity contribution is -0.115. The van der Waals surface area contributed by atoms with Crippen molar-refractivity contribution in [1.29, 1.82) is 0 Å². The first-order valence-corrected chi connectivity index (χ1v) is 6.88. The molecular weight excluding hydrogens is 213 g/mol. The Morgan fingerprint density at radius 2 is 1.93 bits per heavy atom. The zero-order valence-corrected chi connectivity index (χ0v) is 9.73.